The molecule has 0 spiro atoms. The number of nitrogens with one attached hydrogen (secondary N) is 1. The average Bonchev–Trinajstić information content (AvgIpc) is 2.33. The van der Waals surface area contributed by atoms with Crippen LogP contribution in [0.5, 0.6) is 0 Å². The molecule has 1 N–H and O–H groups in total. The molecule has 0 amide bonds. The lowest BCUT2D eigenvalue weighted by Gasteiger charge is -2.07. The minimum absolute atomic E-state index is 0.229. The Hall–Kier alpha value is -1.35. The summed E-state index contributed by atoms with van der Waals surface area (Å²) in [6, 6.07) is 15.2. The van der Waals surface area contributed by atoms with Gasteiger partial charge in [0.05, 0.1) is 5.69 Å². The highest BCUT2D eigenvalue weighted by molar-refractivity contribution is 9.10. The lowest BCUT2D eigenvalue weighted by molar-refractivity contribution is 0.629. The highest BCUT2D eigenvalue weighted by Gasteiger charge is 2.01. The van der Waals surface area contributed by atoms with Crippen molar-refractivity contribution in [2.24, 2.45) is 0 Å². The Balaban J connectivity index is 1.90. The van der Waals surface area contributed by atoms with E-state index in [1.807, 2.05) is 24.3 Å². The monoisotopic (exact) mass is 293 g/mol. The Morgan fingerprint density at radius 1 is 1.06 bits per heavy atom. The normalized spacial score (nSPS) is 10.2. The van der Waals surface area contributed by atoms with Gasteiger partial charge in [-0.2, -0.15) is 0 Å². The fraction of sp³-hybridized carbons (Fsp3) is 0.143. The zero-order valence-corrected chi connectivity index (χ0v) is 10.9. The van der Waals surface area contributed by atoms with Crippen LogP contribution in [0.1, 0.15) is 5.56 Å². The molecule has 0 aliphatic rings. The first-order chi connectivity index (χ1) is 8.25. The largest absolute Gasteiger partial charge is 0.382 e. The molecule has 0 unspecified atom stereocenters. The molecule has 0 aliphatic carbocycles. The number of rotatable bonds is 4. The number of halogens is 2. The van der Waals surface area contributed by atoms with Crippen molar-refractivity contribution in [2.45, 2.75) is 6.42 Å². The van der Waals surface area contributed by atoms with Crippen molar-refractivity contribution in [3.05, 3.63) is 64.4 Å². The van der Waals surface area contributed by atoms with Gasteiger partial charge in [0.2, 0.25) is 0 Å². The Labute approximate surface area is 109 Å². The molecule has 0 bridgehead atoms. The summed E-state index contributed by atoms with van der Waals surface area (Å²) in [6.45, 7) is 0.725. The van der Waals surface area contributed by atoms with E-state index in [1.165, 1.54) is 11.6 Å². The molecule has 2 rings (SSSR count). The van der Waals surface area contributed by atoms with Crippen LogP contribution in [0, 0.1) is 5.82 Å². The van der Waals surface area contributed by atoms with Gasteiger partial charge in [-0.1, -0.05) is 46.3 Å². The van der Waals surface area contributed by atoms with Gasteiger partial charge >= 0.3 is 0 Å². The van der Waals surface area contributed by atoms with E-state index in [0.717, 1.165) is 17.4 Å². The van der Waals surface area contributed by atoms with Crippen LogP contribution in [0.4, 0.5) is 10.1 Å². The first kappa shape index (κ1) is 12.1. The third kappa shape index (κ3) is 3.56. The third-order valence-electron chi connectivity index (χ3n) is 2.50. The smallest absolute Gasteiger partial charge is 0.147 e. The molecule has 17 heavy (non-hydrogen) atoms. The molecular formula is C14H13BrFN. The van der Waals surface area contributed by atoms with Crippen LogP contribution in [-0.4, -0.2) is 6.54 Å². The Kier molecular flexibility index (Phi) is 4.15. The van der Waals surface area contributed by atoms with Crippen molar-refractivity contribution >= 4 is 21.6 Å². The Morgan fingerprint density at radius 2 is 1.82 bits per heavy atom. The van der Waals surface area contributed by atoms with Crippen LogP contribution < -0.4 is 5.32 Å². The van der Waals surface area contributed by atoms with E-state index >= 15 is 0 Å². The Bertz CT molecular complexity index is 485. The molecule has 0 saturated heterocycles. The second-order valence-electron chi connectivity index (χ2n) is 3.79. The summed E-state index contributed by atoms with van der Waals surface area (Å²) in [5, 5.41) is 3.09. The van der Waals surface area contributed by atoms with Crippen LogP contribution in [0.25, 0.3) is 0 Å². The first-order valence-electron chi connectivity index (χ1n) is 5.48. The minimum Gasteiger partial charge on any atom is -0.382 e. The maximum absolute atomic E-state index is 13.5. The van der Waals surface area contributed by atoms with Crippen molar-refractivity contribution in [3.63, 3.8) is 0 Å². The molecule has 0 atom stereocenters. The first-order valence-corrected chi connectivity index (χ1v) is 6.28. The van der Waals surface area contributed by atoms with Gasteiger partial charge < -0.3 is 5.32 Å². The zero-order valence-electron chi connectivity index (χ0n) is 9.29. The zero-order chi connectivity index (χ0) is 12.1. The van der Waals surface area contributed by atoms with E-state index in [1.54, 1.807) is 6.07 Å². The number of anilines is 1. The molecule has 0 aliphatic heterocycles. The lowest BCUT2D eigenvalue weighted by atomic mass is 10.1. The SMILES string of the molecule is Fc1cc(Br)ccc1NCCc1ccccc1. The summed E-state index contributed by atoms with van der Waals surface area (Å²) in [5.74, 6) is -0.229. The van der Waals surface area contributed by atoms with Crippen LogP contribution in [0.2, 0.25) is 0 Å². The van der Waals surface area contributed by atoms with Gasteiger partial charge in [-0.15, -0.1) is 0 Å². The van der Waals surface area contributed by atoms with Gasteiger partial charge in [0.25, 0.3) is 0 Å². The van der Waals surface area contributed by atoms with Gasteiger partial charge in [-0.25, -0.2) is 4.39 Å². The molecular weight excluding hydrogens is 281 g/mol. The predicted molar refractivity (Wildman–Crippen MR) is 72.7 cm³/mol. The molecule has 88 valence electrons. The van der Waals surface area contributed by atoms with Gasteiger partial charge in [-0.3, -0.25) is 0 Å². The van der Waals surface area contributed by atoms with Crippen molar-refractivity contribution < 1.29 is 4.39 Å². The van der Waals surface area contributed by atoms with E-state index in [0.29, 0.717) is 5.69 Å². The van der Waals surface area contributed by atoms with Gasteiger partial charge in [-0.05, 0) is 30.2 Å². The van der Waals surface area contributed by atoms with Gasteiger partial charge in [0, 0.05) is 11.0 Å². The average molecular weight is 294 g/mol. The summed E-state index contributed by atoms with van der Waals surface area (Å²) < 4.78 is 14.2. The standard InChI is InChI=1S/C14H13BrFN/c15-12-6-7-14(13(16)10-12)17-9-8-11-4-2-1-3-5-11/h1-7,10,17H,8-9H2. The minimum atomic E-state index is -0.229. The van der Waals surface area contributed by atoms with E-state index in [4.69, 9.17) is 0 Å². The lowest BCUT2D eigenvalue weighted by Crippen LogP contribution is -2.06. The second-order valence-corrected chi connectivity index (χ2v) is 4.70. The molecule has 1 nitrogen and oxygen atoms in total. The number of hydrogen-bond acceptors (Lipinski definition) is 1. The molecule has 0 radical (unpaired) electrons. The molecule has 3 heteroatoms. The fourth-order valence-corrected chi connectivity index (χ4v) is 1.95. The van der Waals surface area contributed by atoms with Gasteiger partial charge in [0.15, 0.2) is 0 Å². The van der Waals surface area contributed by atoms with E-state index < -0.39 is 0 Å². The quantitative estimate of drug-likeness (QED) is 0.889. The summed E-state index contributed by atoms with van der Waals surface area (Å²) >= 11 is 3.23. The van der Waals surface area contributed by atoms with Crippen LogP contribution in [0.15, 0.2) is 53.0 Å². The predicted octanol–water partition coefficient (Wildman–Crippen LogP) is 4.24. The van der Waals surface area contributed by atoms with Crippen molar-refractivity contribution in [1.29, 1.82) is 0 Å². The summed E-state index contributed by atoms with van der Waals surface area (Å²) in [4.78, 5) is 0. The van der Waals surface area contributed by atoms with Crippen molar-refractivity contribution in [2.75, 3.05) is 11.9 Å². The van der Waals surface area contributed by atoms with Crippen molar-refractivity contribution in [1.82, 2.24) is 0 Å². The van der Waals surface area contributed by atoms with Crippen LogP contribution >= 0.6 is 15.9 Å². The maximum Gasteiger partial charge on any atom is 0.147 e. The van der Waals surface area contributed by atoms with Crippen LogP contribution in [0.3, 0.4) is 0 Å². The fourth-order valence-electron chi connectivity index (χ4n) is 1.62. The van der Waals surface area contributed by atoms with Gasteiger partial charge in [0.1, 0.15) is 5.82 Å². The van der Waals surface area contributed by atoms with Crippen LogP contribution in [-0.2, 0) is 6.42 Å². The number of hydrogen-bond donors (Lipinski definition) is 1. The highest BCUT2D eigenvalue weighted by atomic mass is 79.9. The third-order valence-corrected chi connectivity index (χ3v) is 3.00. The molecule has 0 fully saturated rings. The summed E-state index contributed by atoms with van der Waals surface area (Å²) in [5.41, 5.74) is 1.79. The molecule has 0 heterocycles. The molecule has 2 aromatic rings. The van der Waals surface area contributed by atoms with Crippen molar-refractivity contribution in [3.8, 4) is 0 Å². The van der Waals surface area contributed by atoms with E-state index in [-0.39, 0.29) is 5.82 Å². The molecule has 0 saturated carbocycles. The summed E-state index contributed by atoms with van der Waals surface area (Å²) in [7, 11) is 0. The highest BCUT2D eigenvalue weighted by Crippen LogP contribution is 2.19. The summed E-state index contributed by atoms with van der Waals surface area (Å²) in [6.07, 6.45) is 0.885. The molecule has 2 aromatic carbocycles. The Morgan fingerprint density at radius 3 is 2.53 bits per heavy atom. The topological polar surface area (TPSA) is 12.0 Å². The van der Waals surface area contributed by atoms with E-state index in [9.17, 15) is 4.39 Å². The van der Waals surface area contributed by atoms with E-state index in [2.05, 4.69) is 33.4 Å². The maximum atomic E-state index is 13.5. The number of benzene rings is 2. The molecule has 0 aromatic heterocycles. The second kappa shape index (κ2) is 5.82.